The van der Waals surface area contributed by atoms with Crippen molar-refractivity contribution >= 4 is 0 Å². The molecule has 0 bridgehead atoms. The largest absolute Gasteiger partial charge is 0.249 e. The monoisotopic (exact) mass is 166 g/mol. The fourth-order valence-corrected chi connectivity index (χ4v) is 0.732. The van der Waals surface area contributed by atoms with Gasteiger partial charge in [-0.25, -0.2) is 13.2 Å². The zero-order chi connectivity index (χ0) is 9.07. The Morgan fingerprint density at radius 1 is 1.27 bits per heavy atom. The third-order valence-corrected chi connectivity index (χ3v) is 1.39. The molecule has 0 aliphatic rings. The number of hydrogen-bond donors (Lipinski definition) is 0. The summed E-state index contributed by atoms with van der Waals surface area (Å²) < 4.78 is 36.7. The van der Waals surface area contributed by atoms with E-state index in [4.69, 9.17) is 0 Å². The van der Waals surface area contributed by atoms with Crippen LogP contribution in [0.2, 0.25) is 0 Å². The van der Waals surface area contributed by atoms with Crippen LogP contribution in [0.1, 0.15) is 27.2 Å². The molecule has 66 valence electrons. The van der Waals surface area contributed by atoms with Gasteiger partial charge in [0.1, 0.15) is 6.67 Å². The maximum atomic E-state index is 12.3. The summed E-state index contributed by atoms with van der Waals surface area (Å²) in [6.45, 7) is 3.30. The number of alkyl halides is 3. The Hall–Kier alpha value is -0.470. The summed E-state index contributed by atoms with van der Waals surface area (Å²) in [6.07, 6.45) is -0.466. The van der Waals surface area contributed by atoms with E-state index in [0.29, 0.717) is 5.57 Å². The molecule has 0 atom stereocenters. The van der Waals surface area contributed by atoms with Crippen molar-refractivity contribution in [2.75, 3.05) is 6.67 Å². The normalized spacial score (nSPS) is 11.5. The highest BCUT2D eigenvalue weighted by Crippen LogP contribution is 2.24. The molecule has 0 aromatic heterocycles. The van der Waals surface area contributed by atoms with Crippen molar-refractivity contribution in [3.8, 4) is 0 Å². The molecular weight excluding hydrogens is 153 g/mol. The van der Waals surface area contributed by atoms with Crippen LogP contribution in [0, 0.1) is 0 Å². The van der Waals surface area contributed by atoms with Gasteiger partial charge in [0, 0.05) is 6.42 Å². The van der Waals surface area contributed by atoms with Crippen LogP contribution in [0.15, 0.2) is 11.1 Å². The molecule has 0 spiro atoms. The molecule has 3 heteroatoms. The lowest BCUT2D eigenvalue weighted by Gasteiger charge is -2.12. The summed E-state index contributed by atoms with van der Waals surface area (Å²) >= 11 is 0. The Kier molecular flexibility index (Phi) is 3.63. The van der Waals surface area contributed by atoms with Crippen LogP contribution in [0.4, 0.5) is 13.2 Å². The highest BCUT2D eigenvalue weighted by molar-refractivity contribution is 5.11. The summed E-state index contributed by atoms with van der Waals surface area (Å²) in [5.41, 5.74) is 0.853. The van der Waals surface area contributed by atoms with Gasteiger partial charge in [0.05, 0.1) is 0 Å². The SMILES string of the molecule is CC(C)=C(CF)CC(C)(F)F. The average Bonchev–Trinajstić information content (AvgIpc) is 1.80. The second-order valence-electron chi connectivity index (χ2n) is 2.98. The van der Waals surface area contributed by atoms with E-state index in [1.165, 1.54) is 0 Å². The molecule has 0 aliphatic heterocycles. The van der Waals surface area contributed by atoms with E-state index in [-0.39, 0.29) is 5.57 Å². The third-order valence-electron chi connectivity index (χ3n) is 1.39. The predicted octanol–water partition coefficient (Wildman–Crippen LogP) is 3.34. The number of halogens is 3. The molecule has 0 radical (unpaired) electrons. The fourth-order valence-electron chi connectivity index (χ4n) is 0.732. The first-order valence-electron chi connectivity index (χ1n) is 3.46. The molecule has 11 heavy (non-hydrogen) atoms. The van der Waals surface area contributed by atoms with Crippen LogP contribution in [-0.2, 0) is 0 Å². The van der Waals surface area contributed by atoms with Crippen LogP contribution in [0.25, 0.3) is 0 Å². The van der Waals surface area contributed by atoms with Gasteiger partial charge in [-0.15, -0.1) is 0 Å². The third kappa shape index (κ3) is 4.87. The van der Waals surface area contributed by atoms with Gasteiger partial charge in [-0.1, -0.05) is 5.57 Å². The van der Waals surface area contributed by atoms with Crippen molar-refractivity contribution in [2.24, 2.45) is 0 Å². The summed E-state index contributed by atoms with van der Waals surface area (Å²) in [5.74, 6) is -2.79. The Labute approximate surface area is 65.1 Å². The van der Waals surface area contributed by atoms with E-state index in [0.717, 1.165) is 6.92 Å². The van der Waals surface area contributed by atoms with Crippen LogP contribution >= 0.6 is 0 Å². The quantitative estimate of drug-likeness (QED) is 0.564. The zero-order valence-corrected chi connectivity index (χ0v) is 7.05. The van der Waals surface area contributed by atoms with Crippen LogP contribution < -0.4 is 0 Å². The second-order valence-corrected chi connectivity index (χ2v) is 2.98. The maximum absolute atomic E-state index is 12.3. The van der Waals surface area contributed by atoms with Crippen molar-refractivity contribution in [3.05, 3.63) is 11.1 Å². The molecule has 0 nitrogen and oxygen atoms in total. The van der Waals surface area contributed by atoms with Gasteiger partial charge >= 0.3 is 0 Å². The van der Waals surface area contributed by atoms with Gasteiger partial charge in [-0.05, 0) is 26.3 Å². The van der Waals surface area contributed by atoms with E-state index >= 15 is 0 Å². The first-order valence-corrected chi connectivity index (χ1v) is 3.46. The van der Waals surface area contributed by atoms with Crippen LogP contribution in [0.5, 0.6) is 0 Å². The number of allylic oxidation sites excluding steroid dienone is 2. The van der Waals surface area contributed by atoms with Crippen molar-refractivity contribution in [1.29, 1.82) is 0 Å². The van der Waals surface area contributed by atoms with Gasteiger partial charge in [-0.3, -0.25) is 0 Å². The van der Waals surface area contributed by atoms with Gasteiger partial charge in [0.15, 0.2) is 0 Å². The molecule has 0 N–H and O–H groups in total. The molecule has 0 fully saturated rings. The number of hydrogen-bond acceptors (Lipinski definition) is 0. The van der Waals surface area contributed by atoms with E-state index < -0.39 is 19.0 Å². The molecular formula is C8H13F3. The van der Waals surface area contributed by atoms with E-state index in [2.05, 4.69) is 0 Å². The van der Waals surface area contributed by atoms with Crippen molar-refractivity contribution in [3.63, 3.8) is 0 Å². The van der Waals surface area contributed by atoms with E-state index in [1.54, 1.807) is 13.8 Å². The van der Waals surface area contributed by atoms with Gasteiger partial charge in [0.25, 0.3) is 0 Å². The minimum Gasteiger partial charge on any atom is -0.246 e. The summed E-state index contributed by atoms with van der Waals surface area (Å²) in [4.78, 5) is 0. The zero-order valence-electron chi connectivity index (χ0n) is 7.05. The summed E-state index contributed by atoms with van der Waals surface area (Å²) in [6, 6.07) is 0. The number of rotatable bonds is 3. The van der Waals surface area contributed by atoms with Crippen molar-refractivity contribution in [1.82, 2.24) is 0 Å². The van der Waals surface area contributed by atoms with Gasteiger partial charge in [0.2, 0.25) is 5.92 Å². The topological polar surface area (TPSA) is 0 Å². The van der Waals surface area contributed by atoms with Gasteiger partial charge < -0.3 is 0 Å². The van der Waals surface area contributed by atoms with Crippen LogP contribution in [-0.4, -0.2) is 12.6 Å². The van der Waals surface area contributed by atoms with E-state index in [9.17, 15) is 13.2 Å². The molecule has 0 rings (SSSR count). The minimum atomic E-state index is -2.79. The fraction of sp³-hybridized carbons (Fsp3) is 0.750. The Morgan fingerprint density at radius 3 is 1.82 bits per heavy atom. The first kappa shape index (κ1) is 10.5. The predicted molar refractivity (Wildman–Crippen MR) is 39.6 cm³/mol. The summed E-state index contributed by atoms with van der Waals surface area (Å²) in [7, 11) is 0. The van der Waals surface area contributed by atoms with Crippen molar-refractivity contribution in [2.45, 2.75) is 33.1 Å². The minimum absolute atomic E-state index is 0.206. The Balaban J connectivity index is 4.23. The lowest BCUT2D eigenvalue weighted by molar-refractivity contribution is 0.0211. The standard InChI is InChI=1S/C8H13F3/c1-6(2)7(5-9)4-8(3,10)11/h4-5H2,1-3H3. The molecule has 0 aromatic carbocycles. The molecule has 0 aromatic rings. The lowest BCUT2D eigenvalue weighted by atomic mass is 10.1. The molecule has 0 heterocycles. The molecule has 0 aliphatic carbocycles. The lowest BCUT2D eigenvalue weighted by Crippen LogP contribution is -2.12. The molecule has 0 amide bonds. The Morgan fingerprint density at radius 2 is 1.73 bits per heavy atom. The maximum Gasteiger partial charge on any atom is 0.249 e. The average molecular weight is 166 g/mol. The highest BCUT2D eigenvalue weighted by atomic mass is 19.3. The molecule has 0 saturated heterocycles. The van der Waals surface area contributed by atoms with E-state index in [1.807, 2.05) is 0 Å². The van der Waals surface area contributed by atoms with Crippen LogP contribution in [0.3, 0.4) is 0 Å². The Bertz CT molecular complexity index is 149. The highest BCUT2D eigenvalue weighted by Gasteiger charge is 2.23. The second kappa shape index (κ2) is 3.79. The molecule has 0 saturated carbocycles. The molecule has 0 unspecified atom stereocenters. The smallest absolute Gasteiger partial charge is 0.246 e. The van der Waals surface area contributed by atoms with Gasteiger partial charge in [-0.2, -0.15) is 0 Å². The van der Waals surface area contributed by atoms with Crippen molar-refractivity contribution < 1.29 is 13.2 Å². The summed E-state index contributed by atoms with van der Waals surface area (Å²) in [5, 5.41) is 0. The first-order chi connectivity index (χ1) is 4.87.